The Morgan fingerprint density at radius 2 is 1.81 bits per heavy atom. The van der Waals surface area contributed by atoms with Crippen molar-refractivity contribution in [3.05, 3.63) is 54.1 Å². The van der Waals surface area contributed by atoms with Crippen LogP contribution in [0.4, 0.5) is 0 Å². The van der Waals surface area contributed by atoms with Crippen molar-refractivity contribution >= 4 is 16.0 Å². The highest BCUT2D eigenvalue weighted by molar-refractivity contribution is 7.89. The van der Waals surface area contributed by atoms with E-state index in [1.54, 1.807) is 55.6 Å². The molecule has 1 saturated heterocycles. The molecule has 0 aromatic heterocycles. The molecule has 0 N–H and O–H groups in total. The molecule has 3 rings (SSSR count). The molecule has 1 atom stereocenters. The van der Waals surface area contributed by atoms with E-state index in [0.717, 1.165) is 24.9 Å². The fourth-order valence-corrected chi connectivity index (χ4v) is 5.29. The van der Waals surface area contributed by atoms with Crippen molar-refractivity contribution in [2.24, 2.45) is 0 Å². The highest BCUT2D eigenvalue weighted by Crippen LogP contribution is 2.24. The Morgan fingerprint density at radius 1 is 1.09 bits per heavy atom. The Kier molecular flexibility index (Phi) is 8.28. The minimum Gasteiger partial charge on any atom is -0.497 e. The molecule has 2 aromatic rings. The number of hydrogen-bond donors (Lipinski definition) is 0. The van der Waals surface area contributed by atoms with Gasteiger partial charge in [-0.2, -0.15) is 4.31 Å². The quantitative estimate of drug-likeness (QED) is 0.421. The normalized spacial score (nSPS) is 17.8. The van der Waals surface area contributed by atoms with Gasteiger partial charge in [0.05, 0.1) is 18.4 Å². The number of esters is 1. The minimum absolute atomic E-state index is 0.112. The Bertz CT molecular complexity index is 1010. The van der Waals surface area contributed by atoms with Crippen LogP contribution in [0.15, 0.2) is 53.4 Å². The number of carbonyl (C=O) groups is 1. The highest BCUT2D eigenvalue weighted by Gasteiger charge is 2.35. The van der Waals surface area contributed by atoms with E-state index in [1.165, 1.54) is 4.31 Å². The van der Waals surface area contributed by atoms with Gasteiger partial charge in [0, 0.05) is 31.7 Å². The van der Waals surface area contributed by atoms with Gasteiger partial charge >= 0.3 is 5.97 Å². The lowest BCUT2D eigenvalue weighted by molar-refractivity contribution is -0.136. The molecule has 1 aliphatic heterocycles. The third-order valence-corrected chi connectivity index (χ3v) is 7.58. The molecule has 7 nitrogen and oxygen atoms in total. The van der Waals surface area contributed by atoms with Crippen LogP contribution in [0.25, 0.3) is 0 Å². The number of sulfonamides is 1. The first kappa shape index (κ1) is 24.2. The molecule has 0 saturated carbocycles. The summed E-state index contributed by atoms with van der Waals surface area (Å²) in [6.45, 7) is 6.11. The fraction of sp³-hybridized carbons (Fsp3) is 0.458. The zero-order chi connectivity index (χ0) is 23.1. The Hall–Kier alpha value is -2.42. The largest absolute Gasteiger partial charge is 0.497 e. The van der Waals surface area contributed by atoms with E-state index in [9.17, 15) is 13.2 Å². The third kappa shape index (κ3) is 6.09. The number of ether oxygens (including phenoxy) is 2. The van der Waals surface area contributed by atoms with Crippen LogP contribution in [0, 0.1) is 6.92 Å². The monoisotopic (exact) mass is 460 g/mol. The number of aryl methyl sites for hydroxylation is 1. The van der Waals surface area contributed by atoms with Crippen LogP contribution in [-0.4, -0.2) is 62.9 Å². The van der Waals surface area contributed by atoms with Crippen molar-refractivity contribution in [1.82, 2.24) is 9.21 Å². The number of nitrogens with zero attached hydrogens (tertiary/aromatic N) is 2. The number of hydrogen-bond acceptors (Lipinski definition) is 6. The molecule has 0 spiro atoms. The van der Waals surface area contributed by atoms with E-state index in [4.69, 9.17) is 9.47 Å². The zero-order valence-electron chi connectivity index (χ0n) is 19.0. The van der Waals surface area contributed by atoms with Gasteiger partial charge in [-0.05, 0) is 44.2 Å². The third-order valence-electron chi connectivity index (χ3n) is 5.70. The summed E-state index contributed by atoms with van der Waals surface area (Å²) in [5.41, 5.74) is 1.01. The first-order valence-corrected chi connectivity index (χ1v) is 12.4. The maximum Gasteiger partial charge on any atom is 0.312 e. The van der Waals surface area contributed by atoms with Crippen LogP contribution >= 0.6 is 0 Å². The van der Waals surface area contributed by atoms with Crippen LogP contribution in [-0.2, 0) is 14.8 Å². The molecule has 174 valence electrons. The number of carbonyl (C=O) groups excluding carboxylic acids is 1. The molecule has 32 heavy (non-hydrogen) atoms. The summed E-state index contributed by atoms with van der Waals surface area (Å²) in [6.07, 6.45) is 2.13. The SMILES string of the molecule is CCCCN1CCN(S(=O)(=O)c2ccc(C)cc2)CC1CC(=O)Oc1cccc(OC)c1. The Labute approximate surface area is 191 Å². The fourth-order valence-electron chi connectivity index (χ4n) is 3.82. The van der Waals surface area contributed by atoms with Gasteiger partial charge in [0.25, 0.3) is 0 Å². The van der Waals surface area contributed by atoms with E-state index in [0.29, 0.717) is 24.6 Å². The number of unbranched alkanes of at least 4 members (excludes halogenated alkanes) is 1. The van der Waals surface area contributed by atoms with Gasteiger partial charge in [-0.3, -0.25) is 9.69 Å². The smallest absolute Gasteiger partial charge is 0.312 e. The summed E-state index contributed by atoms with van der Waals surface area (Å²) >= 11 is 0. The molecule has 0 amide bonds. The number of benzene rings is 2. The predicted octanol–water partition coefficient (Wildman–Crippen LogP) is 3.47. The topological polar surface area (TPSA) is 76.2 Å². The lowest BCUT2D eigenvalue weighted by Gasteiger charge is -2.40. The second kappa shape index (κ2) is 10.9. The standard InChI is InChI=1S/C24H32N2O5S/c1-4-5-13-25-14-15-26(32(28,29)23-11-9-19(2)10-12-23)18-20(25)16-24(27)31-22-8-6-7-21(17-22)30-3/h6-12,17,20H,4-5,13-16,18H2,1-3H3. The van der Waals surface area contributed by atoms with Crippen LogP contribution in [0.1, 0.15) is 31.7 Å². The van der Waals surface area contributed by atoms with E-state index < -0.39 is 10.0 Å². The van der Waals surface area contributed by atoms with Crippen LogP contribution in [0.5, 0.6) is 11.5 Å². The lowest BCUT2D eigenvalue weighted by Crippen LogP contribution is -2.55. The summed E-state index contributed by atoms with van der Waals surface area (Å²) in [5, 5.41) is 0. The van der Waals surface area contributed by atoms with Crippen LogP contribution in [0.2, 0.25) is 0 Å². The second-order valence-electron chi connectivity index (χ2n) is 8.08. The first-order valence-electron chi connectivity index (χ1n) is 11.0. The van der Waals surface area contributed by atoms with Gasteiger partial charge in [-0.25, -0.2) is 8.42 Å². The maximum absolute atomic E-state index is 13.2. The van der Waals surface area contributed by atoms with Gasteiger partial charge in [-0.15, -0.1) is 0 Å². The summed E-state index contributed by atoms with van der Waals surface area (Å²) in [5.74, 6) is 0.627. The van der Waals surface area contributed by atoms with Crippen molar-refractivity contribution < 1.29 is 22.7 Å². The van der Waals surface area contributed by atoms with Gasteiger partial charge in [0.15, 0.2) is 0 Å². The number of rotatable bonds is 9. The van der Waals surface area contributed by atoms with E-state index in [2.05, 4.69) is 11.8 Å². The van der Waals surface area contributed by atoms with Crippen molar-refractivity contribution in [3.8, 4) is 11.5 Å². The van der Waals surface area contributed by atoms with Gasteiger partial charge in [-0.1, -0.05) is 37.1 Å². The summed E-state index contributed by atoms with van der Waals surface area (Å²) in [4.78, 5) is 15.2. The van der Waals surface area contributed by atoms with Crippen molar-refractivity contribution in [2.75, 3.05) is 33.3 Å². The zero-order valence-corrected chi connectivity index (χ0v) is 19.8. The summed E-state index contributed by atoms with van der Waals surface area (Å²) < 4.78 is 38.6. The van der Waals surface area contributed by atoms with Crippen LogP contribution < -0.4 is 9.47 Å². The number of piperazine rings is 1. The van der Waals surface area contributed by atoms with Crippen molar-refractivity contribution in [1.29, 1.82) is 0 Å². The van der Waals surface area contributed by atoms with E-state index >= 15 is 0 Å². The average molecular weight is 461 g/mol. The molecular weight excluding hydrogens is 428 g/mol. The molecular formula is C24H32N2O5S. The molecule has 1 unspecified atom stereocenters. The molecule has 0 aliphatic carbocycles. The molecule has 1 fully saturated rings. The summed E-state index contributed by atoms with van der Waals surface area (Å²) in [7, 11) is -2.07. The molecule has 8 heteroatoms. The molecule has 1 aliphatic rings. The van der Waals surface area contributed by atoms with Crippen LogP contribution in [0.3, 0.4) is 0 Å². The van der Waals surface area contributed by atoms with Crippen molar-refractivity contribution in [3.63, 3.8) is 0 Å². The maximum atomic E-state index is 13.2. The van der Waals surface area contributed by atoms with Gasteiger partial charge in [0.2, 0.25) is 10.0 Å². The van der Waals surface area contributed by atoms with E-state index in [-0.39, 0.29) is 29.9 Å². The Balaban J connectivity index is 1.73. The molecule has 2 aromatic carbocycles. The molecule has 0 bridgehead atoms. The molecule has 0 radical (unpaired) electrons. The second-order valence-corrected chi connectivity index (χ2v) is 10.0. The van der Waals surface area contributed by atoms with Gasteiger partial charge in [0.1, 0.15) is 11.5 Å². The van der Waals surface area contributed by atoms with Crippen molar-refractivity contribution in [2.45, 2.75) is 44.0 Å². The average Bonchev–Trinajstić information content (AvgIpc) is 2.78. The molecule has 1 heterocycles. The lowest BCUT2D eigenvalue weighted by atomic mass is 10.1. The first-order chi connectivity index (χ1) is 15.3. The minimum atomic E-state index is -3.62. The van der Waals surface area contributed by atoms with Gasteiger partial charge < -0.3 is 9.47 Å². The predicted molar refractivity (Wildman–Crippen MR) is 123 cm³/mol. The Morgan fingerprint density at radius 3 is 2.50 bits per heavy atom. The van der Waals surface area contributed by atoms with E-state index in [1.807, 2.05) is 6.92 Å². The number of methoxy groups -OCH3 is 1. The highest BCUT2D eigenvalue weighted by atomic mass is 32.2. The summed E-state index contributed by atoms with van der Waals surface area (Å²) in [6, 6.07) is 13.5.